The molecule has 0 unspecified atom stereocenters. The summed E-state index contributed by atoms with van der Waals surface area (Å²) in [5.41, 5.74) is 3.57. The lowest BCUT2D eigenvalue weighted by atomic mass is 10.1. The first-order chi connectivity index (χ1) is 11.8. The van der Waals surface area contributed by atoms with Gasteiger partial charge in [-0.3, -0.25) is 4.98 Å². The van der Waals surface area contributed by atoms with Crippen LogP contribution in [0.4, 0.5) is 11.6 Å². The third-order valence-corrected chi connectivity index (χ3v) is 3.46. The second-order valence-corrected chi connectivity index (χ2v) is 5.30. The first-order valence-corrected chi connectivity index (χ1v) is 7.68. The molecule has 0 amide bonds. The Hall–Kier alpha value is -2.86. The van der Waals surface area contributed by atoms with Gasteiger partial charge in [-0.1, -0.05) is 19.1 Å². The third kappa shape index (κ3) is 3.91. The van der Waals surface area contributed by atoms with Crippen molar-refractivity contribution >= 4 is 11.6 Å². The Morgan fingerprint density at radius 2 is 2.00 bits per heavy atom. The second kappa shape index (κ2) is 7.61. The van der Waals surface area contributed by atoms with Crippen molar-refractivity contribution in [1.29, 1.82) is 0 Å². The van der Waals surface area contributed by atoms with Gasteiger partial charge in [-0.15, -0.1) is 0 Å². The van der Waals surface area contributed by atoms with Gasteiger partial charge in [0.05, 0.1) is 6.61 Å². The molecular weight excluding hydrogens is 302 g/mol. The molecule has 6 heteroatoms. The first-order valence-electron chi connectivity index (χ1n) is 7.68. The number of nitrogens with one attached hydrogen (secondary N) is 1. The molecule has 0 spiro atoms. The van der Waals surface area contributed by atoms with Crippen LogP contribution >= 0.6 is 0 Å². The van der Waals surface area contributed by atoms with E-state index < -0.39 is 0 Å². The van der Waals surface area contributed by atoms with Crippen molar-refractivity contribution in [3.63, 3.8) is 0 Å². The zero-order valence-corrected chi connectivity index (χ0v) is 13.2. The third-order valence-electron chi connectivity index (χ3n) is 3.46. The van der Waals surface area contributed by atoms with Crippen LogP contribution in [0.15, 0.2) is 49.1 Å². The topological polar surface area (TPSA) is 83.8 Å². The lowest BCUT2D eigenvalue weighted by molar-refractivity contribution is 0.282. The van der Waals surface area contributed by atoms with E-state index in [1.54, 1.807) is 6.20 Å². The normalized spacial score (nSPS) is 10.6. The zero-order chi connectivity index (χ0) is 16.8. The van der Waals surface area contributed by atoms with Crippen LogP contribution in [0.1, 0.15) is 17.5 Å². The number of hydrogen-bond donors (Lipinski definition) is 2. The van der Waals surface area contributed by atoms with E-state index in [2.05, 4.69) is 32.2 Å². The van der Waals surface area contributed by atoms with Gasteiger partial charge in [0.1, 0.15) is 6.33 Å². The van der Waals surface area contributed by atoms with Crippen LogP contribution < -0.4 is 5.32 Å². The summed E-state index contributed by atoms with van der Waals surface area (Å²) < 4.78 is 0. The quantitative estimate of drug-likeness (QED) is 0.726. The number of aliphatic hydroxyl groups excluding tert-OH is 1. The maximum Gasteiger partial charge on any atom is 0.230 e. The number of rotatable bonds is 6. The van der Waals surface area contributed by atoms with Crippen molar-refractivity contribution in [3.05, 3.63) is 67.1 Å². The van der Waals surface area contributed by atoms with Gasteiger partial charge < -0.3 is 10.4 Å². The van der Waals surface area contributed by atoms with Crippen molar-refractivity contribution in [3.8, 4) is 11.4 Å². The summed E-state index contributed by atoms with van der Waals surface area (Å²) in [4.78, 5) is 17.1. The van der Waals surface area contributed by atoms with Crippen LogP contribution in [-0.4, -0.2) is 25.0 Å². The minimum atomic E-state index is -0.0112. The number of pyridine rings is 1. The van der Waals surface area contributed by atoms with E-state index in [4.69, 9.17) is 0 Å². The molecule has 0 fully saturated rings. The van der Waals surface area contributed by atoms with Gasteiger partial charge in [0.25, 0.3) is 0 Å². The van der Waals surface area contributed by atoms with E-state index in [9.17, 15) is 5.11 Å². The first kappa shape index (κ1) is 16.0. The minimum Gasteiger partial charge on any atom is -0.392 e. The number of aromatic nitrogens is 4. The van der Waals surface area contributed by atoms with E-state index >= 15 is 0 Å². The maximum atomic E-state index is 9.21. The monoisotopic (exact) mass is 320 g/mol. The smallest absolute Gasteiger partial charge is 0.230 e. The van der Waals surface area contributed by atoms with Gasteiger partial charge in [0.15, 0.2) is 5.82 Å². The Morgan fingerprint density at radius 3 is 2.83 bits per heavy atom. The fraction of sp³-hybridized carbons (Fsp3) is 0.167. The summed E-state index contributed by atoms with van der Waals surface area (Å²) >= 11 is 0. The van der Waals surface area contributed by atoms with Crippen molar-refractivity contribution in [2.75, 3.05) is 5.32 Å². The number of hydrogen-bond acceptors (Lipinski definition) is 6. The van der Waals surface area contributed by atoms with Gasteiger partial charge in [-0.05, 0) is 42.2 Å². The van der Waals surface area contributed by atoms with E-state index in [0.29, 0.717) is 11.8 Å². The van der Waals surface area contributed by atoms with E-state index in [1.165, 1.54) is 6.33 Å². The summed E-state index contributed by atoms with van der Waals surface area (Å²) in [6.07, 6.45) is 6.71. The molecule has 0 saturated carbocycles. The summed E-state index contributed by atoms with van der Waals surface area (Å²) in [5.74, 6) is 1.00. The Balaban J connectivity index is 1.84. The fourth-order valence-electron chi connectivity index (χ4n) is 2.32. The Bertz CT molecular complexity index is 822. The fourth-order valence-corrected chi connectivity index (χ4v) is 2.32. The minimum absolute atomic E-state index is 0.0112. The molecule has 121 valence electrons. The highest BCUT2D eigenvalue weighted by Gasteiger charge is 2.06. The van der Waals surface area contributed by atoms with Gasteiger partial charge in [0, 0.05) is 23.6 Å². The maximum absolute atomic E-state index is 9.21. The Morgan fingerprint density at radius 1 is 1.08 bits per heavy atom. The summed E-state index contributed by atoms with van der Waals surface area (Å²) in [6.45, 7) is 3.85. The van der Waals surface area contributed by atoms with E-state index in [0.717, 1.165) is 35.2 Å². The standard InChI is InChI=1S/C18H18N5O/c1-2-4-13-7-15(10-19-9-13)17-20-12-21-18(23-17)22-16-6-3-5-14(8-16)11-24/h3,5-10,12,24H,1-2,4,11H2,(H,20,21,22,23). The molecule has 0 saturated heterocycles. The predicted octanol–water partition coefficient (Wildman–Crippen LogP) is 2.94. The molecule has 0 aliphatic heterocycles. The van der Waals surface area contributed by atoms with Crippen molar-refractivity contribution in [2.24, 2.45) is 0 Å². The Kier molecular flexibility index (Phi) is 5.08. The molecule has 24 heavy (non-hydrogen) atoms. The van der Waals surface area contributed by atoms with Gasteiger partial charge in [-0.2, -0.15) is 4.98 Å². The number of aryl methyl sites for hydroxylation is 1. The molecule has 3 rings (SSSR count). The van der Waals surface area contributed by atoms with Crippen LogP contribution in [0.3, 0.4) is 0 Å². The molecule has 0 bridgehead atoms. The van der Waals surface area contributed by atoms with Gasteiger partial charge in [0.2, 0.25) is 5.95 Å². The molecule has 2 heterocycles. The molecular formula is C18H18N5O. The number of aliphatic hydroxyl groups is 1. The summed E-state index contributed by atoms with van der Waals surface area (Å²) in [7, 11) is 0. The van der Waals surface area contributed by atoms with Crippen LogP contribution in [-0.2, 0) is 13.0 Å². The molecule has 3 aromatic rings. The van der Waals surface area contributed by atoms with Gasteiger partial charge in [-0.25, -0.2) is 9.97 Å². The molecule has 2 N–H and O–H groups in total. The molecule has 0 aliphatic carbocycles. The highest BCUT2D eigenvalue weighted by Crippen LogP contribution is 2.19. The van der Waals surface area contributed by atoms with E-state index in [1.807, 2.05) is 36.5 Å². The highest BCUT2D eigenvalue weighted by molar-refractivity contribution is 5.59. The number of benzene rings is 1. The van der Waals surface area contributed by atoms with Crippen molar-refractivity contribution < 1.29 is 5.11 Å². The van der Waals surface area contributed by atoms with Crippen LogP contribution in [0.5, 0.6) is 0 Å². The summed E-state index contributed by atoms with van der Waals surface area (Å²) in [6, 6.07) is 9.47. The van der Waals surface area contributed by atoms with Gasteiger partial charge >= 0.3 is 0 Å². The van der Waals surface area contributed by atoms with Crippen LogP contribution in [0, 0.1) is 6.92 Å². The summed E-state index contributed by atoms with van der Waals surface area (Å²) in [5, 5.41) is 12.3. The lowest BCUT2D eigenvalue weighted by Crippen LogP contribution is -2.01. The zero-order valence-electron chi connectivity index (χ0n) is 13.2. The molecule has 0 aliphatic rings. The van der Waals surface area contributed by atoms with Crippen molar-refractivity contribution in [1.82, 2.24) is 19.9 Å². The van der Waals surface area contributed by atoms with Crippen LogP contribution in [0.2, 0.25) is 0 Å². The highest BCUT2D eigenvalue weighted by atomic mass is 16.3. The molecule has 6 nitrogen and oxygen atoms in total. The van der Waals surface area contributed by atoms with E-state index in [-0.39, 0.29) is 6.61 Å². The largest absolute Gasteiger partial charge is 0.392 e. The number of nitrogens with zero attached hydrogens (tertiary/aromatic N) is 4. The van der Waals surface area contributed by atoms with Crippen molar-refractivity contribution in [2.45, 2.75) is 19.4 Å². The average molecular weight is 320 g/mol. The molecule has 2 aromatic heterocycles. The second-order valence-electron chi connectivity index (χ2n) is 5.30. The lowest BCUT2D eigenvalue weighted by Gasteiger charge is -2.07. The predicted molar refractivity (Wildman–Crippen MR) is 92.4 cm³/mol. The average Bonchev–Trinajstić information content (AvgIpc) is 2.63. The molecule has 0 atom stereocenters. The molecule has 1 aromatic carbocycles. The number of anilines is 2. The Labute approximate surface area is 140 Å². The SMILES string of the molecule is [CH2]CCc1cncc(-c2ncnc(Nc3cccc(CO)c3)n2)c1. The molecule has 1 radical (unpaired) electrons. The van der Waals surface area contributed by atoms with Crippen LogP contribution in [0.25, 0.3) is 11.4 Å².